The van der Waals surface area contributed by atoms with E-state index in [0.717, 1.165) is 28.4 Å². The van der Waals surface area contributed by atoms with Gasteiger partial charge in [0.15, 0.2) is 5.76 Å². The minimum absolute atomic E-state index is 0.445. The molecule has 0 bridgehead atoms. The summed E-state index contributed by atoms with van der Waals surface area (Å²) in [5.41, 5.74) is 2.08. The summed E-state index contributed by atoms with van der Waals surface area (Å²) in [6.45, 7) is 4.18. The molecule has 0 radical (unpaired) electrons. The lowest BCUT2D eigenvalue weighted by Gasteiger charge is -2.16. The summed E-state index contributed by atoms with van der Waals surface area (Å²) in [6, 6.07) is 4.33. The number of thiazole rings is 1. The summed E-state index contributed by atoms with van der Waals surface area (Å²) in [5.74, 6) is 0.842. The Morgan fingerprint density at radius 2 is 2.18 bits per heavy atom. The van der Waals surface area contributed by atoms with Crippen LogP contribution in [-0.2, 0) is 0 Å². The molecule has 1 saturated carbocycles. The van der Waals surface area contributed by atoms with Crippen molar-refractivity contribution >= 4 is 17.0 Å². The summed E-state index contributed by atoms with van der Waals surface area (Å²) in [5, 5.41) is 6.84. The van der Waals surface area contributed by atoms with Crippen molar-refractivity contribution in [2.24, 2.45) is 10.1 Å². The molecule has 0 spiro atoms. The highest BCUT2D eigenvalue weighted by Gasteiger charge is 2.14. The van der Waals surface area contributed by atoms with Gasteiger partial charge in [0.05, 0.1) is 12.3 Å². The van der Waals surface area contributed by atoms with Crippen molar-refractivity contribution in [1.82, 2.24) is 4.68 Å². The highest BCUT2D eigenvalue weighted by Crippen LogP contribution is 2.23. The zero-order valence-electron chi connectivity index (χ0n) is 13.3. The highest BCUT2D eigenvalue weighted by atomic mass is 32.1. The van der Waals surface area contributed by atoms with E-state index in [1.165, 1.54) is 32.1 Å². The van der Waals surface area contributed by atoms with Gasteiger partial charge in [0.2, 0.25) is 4.80 Å². The first-order valence-electron chi connectivity index (χ1n) is 8.10. The van der Waals surface area contributed by atoms with E-state index in [0.29, 0.717) is 6.04 Å². The van der Waals surface area contributed by atoms with Crippen LogP contribution in [0.3, 0.4) is 0 Å². The molecule has 4 nitrogen and oxygen atoms in total. The maximum absolute atomic E-state index is 5.55. The van der Waals surface area contributed by atoms with Crippen LogP contribution in [-0.4, -0.2) is 16.4 Å². The largest absolute Gasteiger partial charge is 0.463 e. The van der Waals surface area contributed by atoms with Gasteiger partial charge >= 0.3 is 0 Å². The smallest absolute Gasteiger partial charge is 0.206 e. The fraction of sp³-hybridized carbons (Fsp3) is 0.529. The van der Waals surface area contributed by atoms with Crippen molar-refractivity contribution < 1.29 is 4.42 Å². The van der Waals surface area contributed by atoms with E-state index in [1.54, 1.807) is 17.6 Å². The third-order valence-corrected chi connectivity index (χ3v) is 4.94. The van der Waals surface area contributed by atoms with Gasteiger partial charge in [0.25, 0.3) is 0 Å². The van der Waals surface area contributed by atoms with Crippen molar-refractivity contribution in [3.05, 3.63) is 28.6 Å². The van der Waals surface area contributed by atoms with Gasteiger partial charge in [0, 0.05) is 11.1 Å². The van der Waals surface area contributed by atoms with Crippen LogP contribution >= 0.6 is 11.3 Å². The molecule has 1 aliphatic carbocycles. The number of nitrogens with zero attached hydrogens (tertiary/aromatic N) is 3. The molecule has 0 aliphatic heterocycles. The number of rotatable bonds is 4. The fourth-order valence-electron chi connectivity index (χ4n) is 2.69. The second-order valence-electron chi connectivity index (χ2n) is 5.80. The molecule has 0 amide bonds. The maximum atomic E-state index is 5.55. The predicted molar refractivity (Wildman–Crippen MR) is 91.2 cm³/mol. The van der Waals surface area contributed by atoms with Gasteiger partial charge in [-0.25, -0.2) is 4.68 Å². The van der Waals surface area contributed by atoms with Crippen LogP contribution in [0.15, 0.2) is 38.3 Å². The average Bonchev–Trinajstić information content (AvgIpc) is 3.19. The van der Waals surface area contributed by atoms with Crippen LogP contribution < -0.4 is 4.80 Å². The summed E-state index contributed by atoms with van der Waals surface area (Å²) in [7, 11) is 0. The van der Waals surface area contributed by atoms with Crippen molar-refractivity contribution in [2.75, 3.05) is 0 Å². The van der Waals surface area contributed by atoms with E-state index in [-0.39, 0.29) is 0 Å². The molecular weight excluding hydrogens is 294 g/mol. The minimum atomic E-state index is 0.445. The molecule has 2 aromatic heterocycles. The lowest BCUT2D eigenvalue weighted by Crippen LogP contribution is -2.19. The Bertz CT molecular complexity index is 688. The number of hydrogen-bond donors (Lipinski definition) is 0. The lowest BCUT2D eigenvalue weighted by molar-refractivity contribution is 0.435. The molecular formula is C17H23N3OS. The zero-order valence-corrected chi connectivity index (χ0v) is 14.1. The van der Waals surface area contributed by atoms with Crippen molar-refractivity contribution in [3.63, 3.8) is 0 Å². The van der Waals surface area contributed by atoms with E-state index in [9.17, 15) is 0 Å². The van der Waals surface area contributed by atoms with Gasteiger partial charge in [-0.1, -0.05) is 26.2 Å². The molecule has 2 heterocycles. The summed E-state index contributed by atoms with van der Waals surface area (Å²) in [6.07, 6.45) is 8.97. The van der Waals surface area contributed by atoms with E-state index in [1.807, 2.05) is 16.8 Å². The Kier molecular flexibility index (Phi) is 4.93. The van der Waals surface area contributed by atoms with Crippen molar-refractivity contribution in [3.8, 4) is 11.5 Å². The Morgan fingerprint density at radius 1 is 1.36 bits per heavy atom. The van der Waals surface area contributed by atoms with E-state index >= 15 is 0 Å². The molecule has 0 saturated heterocycles. The lowest BCUT2D eigenvalue weighted by atomic mass is 9.96. The van der Waals surface area contributed by atoms with E-state index in [2.05, 4.69) is 19.2 Å². The fourth-order valence-corrected chi connectivity index (χ4v) is 3.57. The Balaban J connectivity index is 2.04. The number of furan rings is 1. The number of hydrogen-bond acceptors (Lipinski definition) is 4. The molecule has 22 heavy (non-hydrogen) atoms. The molecule has 0 unspecified atom stereocenters. The molecule has 0 N–H and O–H groups in total. The Morgan fingerprint density at radius 3 is 2.86 bits per heavy atom. The van der Waals surface area contributed by atoms with Crippen molar-refractivity contribution in [1.29, 1.82) is 0 Å². The standard InChI is InChI=1S/C17H23N3OS/c1-3-13(2)19-20-15(16-10-7-11-21-16)12-22-17(20)18-14-8-5-4-6-9-14/h7,10-12,14H,3-6,8-9H2,1-2H3. The average molecular weight is 317 g/mol. The monoisotopic (exact) mass is 317 g/mol. The van der Waals surface area contributed by atoms with Gasteiger partial charge in [-0.2, -0.15) is 5.10 Å². The maximum Gasteiger partial charge on any atom is 0.206 e. The van der Waals surface area contributed by atoms with E-state index < -0.39 is 0 Å². The van der Waals surface area contributed by atoms with Crippen LogP contribution in [0.4, 0.5) is 0 Å². The van der Waals surface area contributed by atoms with Gasteiger partial charge in [-0.15, -0.1) is 11.3 Å². The van der Waals surface area contributed by atoms with Crippen LogP contribution in [0, 0.1) is 0 Å². The summed E-state index contributed by atoms with van der Waals surface area (Å²) >= 11 is 1.65. The van der Waals surface area contributed by atoms with Crippen LogP contribution in [0.5, 0.6) is 0 Å². The molecule has 1 aliphatic rings. The molecule has 1 fully saturated rings. The van der Waals surface area contributed by atoms with Gasteiger partial charge in [0.1, 0.15) is 5.69 Å². The Labute approximate surface area is 135 Å². The normalized spacial score (nSPS) is 18.1. The third kappa shape index (κ3) is 3.40. The van der Waals surface area contributed by atoms with Gasteiger partial charge in [-0.05, 0) is 38.3 Å². The first-order chi connectivity index (χ1) is 10.8. The summed E-state index contributed by atoms with van der Waals surface area (Å²) in [4.78, 5) is 5.95. The van der Waals surface area contributed by atoms with Crippen LogP contribution in [0.1, 0.15) is 52.4 Å². The predicted octanol–water partition coefficient (Wildman–Crippen LogP) is 4.68. The first-order valence-corrected chi connectivity index (χ1v) is 8.98. The molecule has 5 heteroatoms. The third-order valence-electron chi connectivity index (χ3n) is 4.11. The number of aromatic nitrogens is 1. The van der Waals surface area contributed by atoms with Crippen LogP contribution in [0.25, 0.3) is 11.5 Å². The molecule has 0 aromatic carbocycles. The molecule has 0 atom stereocenters. The highest BCUT2D eigenvalue weighted by molar-refractivity contribution is 7.07. The Hall–Kier alpha value is -1.62. The second kappa shape index (κ2) is 7.09. The van der Waals surface area contributed by atoms with Crippen molar-refractivity contribution in [2.45, 2.75) is 58.4 Å². The zero-order chi connectivity index (χ0) is 15.4. The molecule has 2 aromatic rings. The summed E-state index contributed by atoms with van der Waals surface area (Å²) < 4.78 is 7.51. The molecule has 118 valence electrons. The quantitative estimate of drug-likeness (QED) is 0.755. The SMILES string of the molecule is CCC(C)=Nn1c(-c2ccco2)csc1=NC1CCCCC1. The van der Waals surface area contributed by atoms with Gasteiger partial charge in [-0.3, -0.25) is 4.99 Å². The second-order valence-corrected chi connectivity index (χ2v) is 6.64. The first kappa shape index (κ1) is 15.3. The topological polar surface area (TPSA) is 42.8 Å². The van der Waals surface area contributed by atoms with Crippen LogP contribution in [0.2, 0.25) is 0 Å². The van der Waals surface area contributed by atoms with E-state index in [4.69, 9.17) is 14.5 Å². The van der Waals surface area contributed by atoms with Gasteiger partial charge < -0.3 is 4.42 Å². The molecule has 3 rings (SSSR count). The minimum Gasteiger partial charge on any atom is -0.463 e.